The fourth-order valence-electron chi connectivity index (χ4n) is 6.01. The zero-order valence-electron chi connectivity index (χ0n) is 27.9. The van der Waals surface area contributed by atoms with Crippen LogP contribution in [0.2, 0.25) is 0 Å². The van der Waals surface area contributed by atoms with Gasteiger partial charge in [-0.2, -0.15) is 12.1 Å². The molecule has 0 aliphatic rings. The van der Waals surface area contributed by atoms with Crippen LogP contribution in [0.5, 0.6) is 0 Å². The van der Waals surface area contributed by atoms with Crippen LogP contribution in [0, 0.1) is 0 Å². The second kappa shape index (κ2) is 22.1. The third kappa shape index (κ3) is 12.3. The van der Waals surface area contributed by atoms with Crippen molar-refractivity contribution >= 4 is 77.2 Å². The standard InChI is InChI=1S/C21H16P.C21H32P.2ClH.Ti/c1-3-11-19(12-4-1)22(20-13-5-2-6-14-20)21-15-17-9-7-8-10-18(17)16-21;1-3-5-7-11-15-22(16-12-8-6-4-2)21-17-19-13-9-10-14-20(19)18-21;;;/h1-16H;9-10,13-14,17-18H,3-8,11-12,15-16H2,1-2H3;2*1H;/q2*-1;;;+2/p-2. The van der Waals surface area contributed by atoms with Crippen molar-refractivity contribution in [3.8, 4) is 0 Å². The van der Waals surface area contributed by atoms with Crippen LogP contribution in [0.3, 0.4) is 0 Å². The van der Waals surface area contributed by atoms with E-state index in [1.54, 1.807) is 5.30 Å². The van der Waals surface area contributed by atoms with E-state index in [9.17, 15) is 0 Å². The Morgan fingerprint density at radius 2 is 0.915 bits per heavy atom. The maximum absolute atomic E-state index is 4.89. The minimum absolute atomic E-state index is 0.0642. The van der Waals surface area contributed by atoms with Gasteiger partial charge in [0.2, 0.25) is 0 Å². The number of hydrogen-bond donors (Lipinski definition) is 0. The van der Waals surface area contributed by atoms with Crippen molar-refractivity contribution in [2.24, 2.45) is 0 Å². The Morgan fingerprint density at radius 3 is 1.36 bits per heavy atom. The Bertz CT molecular complexity index is 1560. The molecule has 0 bridgehead atoms. The second-order valence-corrected chi connectivity index (χ2v) is 19.2. The molecule has 0 atom stereocenters. The van der Waals surface area contributed by atoms with Gasteiger partial charge < -0.3 is 0 Å². The number of fused-ring (bicyclic) bond motifs is 2. The minimum atomic E-state index is -0.556. The number of benzene rings is 4. The van der Waals surface area contributed by atoms with Gasteiger partial charge in [0.1, 0.15) is 0 Å². The van der Waals surface area contributed by atoms with E-state index < -0.39 is 25.0 Å². The molecule has 0 saturated carbocycles. The normalized spacial score (nSPS) is 10.9. The zero-order valence-corrected chi connectivity index (χ0v) is 32.8. The molecule has 6 aromatic carbocycles. The monoisotopic (exact) mass is 732 g/mol. The molecule has 0 unspecified atom stereocenters. The van der Waals surface area contributed by atoms with Gasteiger partial charge >= 0.3 is 35.6 Å². The van der Waals surface area contributed by atoms with Crippen molar-refractivity contribution in [1.82, 2.24) is 0 Å². The molecule has 6 aromatic rings. The van der Waals surface area contributed by atoms with E-state index in [0.717, 1.165) is 0 Å². The Kier molecular flexibility index (Phi) is 17.9. The van der Waals surface area contributed by atoms with E-state index in [1.807, 2.05) is 0 Å². The van der Waals surface area contributed by atoms with Crippen LogP contribution in [-0.4, -0.2) is 12.3 Å². The van der Waals surface area contributed by atoms with Crippen molar-refractivity contribution in [3.63, 3.8) is 0 Å². The van der Waals surface area contributed by atoms with Crippen LogP contribution < -0.4 is 21.2 Å². The summed E-state index contributed by atoms with van der Waals surface area (Å²) in [6.07, 6.45) is 14.1. The third-order valence-corrected chi connectivity index (χ3v) is 13.5. The molecule has 0 aliphatic carbocycles. The minimum Gasteiger partial charge on any atom is -0.160 e. The molecule has 5 heteroatoms. The maximum Gasteiger partial charge on any atom is -0.0166 e. The van der Waals surface area contributed by atoms with Gasteiger partial charge in [-0.05, 0) is 43.7 Å². The summed E-state index contributed by atoms with van der Waals surface area (Å²) in [5.41, 5.74) is 0. The first kappa shape index (κ1) is 38.1. The number of rotatable bonds is 14. The predicted octanol–water partition coefficient (Wildman–Crippen LogP) is 12.5. The molecule has 0 amide bonds. The molecule has 0 radical (unpaired) electrons. The van der Waals surface area contributed by atoms with E-state index in [-0.39, 0.29) is 7.92 Å². The molecular formula is C42H48Cl2P2Ti-2. The summed E-state index contributed by atoms with van der Waals surface area (Å²) in [6, 6.07) is 48.8. The second-order valence-electron chi connectivity index (χ2n) is 11.9. The Labute approximate surface area is 303 Å². The topological polar surface area (TPSA) is 0 Å². The zero-order chi connectivity index (χ0) is 33.1. The van der Waals surface area contributed by atoms with Crippen LogP contribution in [0.1, 0.15) is 65.2 Å². The SMILES string of the molecule is CCCCCCP(CCCCCC)c1cc2ccccc2[cH-]1.[Cl][Ti][Cl].c1ccc(P(c2ccccc2)c2cc3ccccc3[cH-]2)cc1. The number of halogens is 2. The van der Waals surface area contributed by atoms with Gasteiger partial charge in [-0.25, -0.2) is 0 Å². The molecule has 0 fully saturated rings. The quantitative estimate of drug-likeness (QED) is 0.0453. The number of hydrogen-bond acceptors (Lipinski definition) is 0. The van der Waals surface area contributed by atoms with Crippen molar-refractivity contribution in [3.05, 3.63) is 133 Å². The van der Waals surface area contributed by atoms with E-state index in [0.29, 0.717) is 0 Å². The molecule has 0 saturated heterocycles. The van der Waals surface area contributed by atoms with E-state index in [1.165, 1.54) is 101 Å². The largest absolute Gasteiger partial charge is 0.160 e. The summed E-state index contributed by atoms with van der Waals surface area (Å²) in [6.45, 7) is 4.61. The molecule has 246 valence electrons. The van der Waals surface area contributed by atoms with Crippen molar-refractivity contribution in [2.45, 2.75) is 65.2 Å². The average molecular weight is 734 g/mol. The molecule has 0 nitrogen and oxygen atoms in total. The summed E-state index contributed by atoms with van der Waals surface area (Å²) >= 11 is -0.556. The molecule has 47 heavy (non-hydrogen) atoms. The Morgan fingerprint density at radius 1 is 0.511 bits per heavy atom. The molecule has 6 rings (SSSR count). The van der Waals surface area contributed by atoms with Gasteiger partial charge in [0.25, 0.3) is 0 Å². The van der Waals surface area contributed by atoms with E-state index in [4.69, 9.17) is 18.6 Å². The van der Waals surface area contributed by atoms with Gasteiger partial charge in [-0.1, -0.05) is 133 Å². The first-order valence-electron chi connectivity index (χ1n) is 17.1. The molecule has 0 aliphatic heterocycles. The van der Waals surface area contributed by atoms with E-state index in [2.05, 4.69) is 147 Å². The predicted molar refractivity (Wildman–Crippen MR) is 214 cm³/mol. The molecule has 0 aromatic heterocycles. The van der Waals surface area contributed by atoms with Crippen molar-refractivity contribution in [1.29, 1.82) is 0 Å². The molecule has 0 spiro atoms. The fourth-order valence-corrected chi connectivity index (χ4v) is 11.0. The molecular weight excluding hydrogens is 685 g/mol. The molecule has 0 N–H and O–H groups in total. The fraction of sp³-hybridized carbons (Fsp3) is 0.286. The van der Waals surface area contributed by atoms with Crippen LogP contribution in [0.4, 0.5) is 0 Å². The summed E-state index contributed by atoms with van der Waals surface area (Å²) in [5.74, 6) is 0. The smallest absolute Gasteiger partial charge is 0.0166 e. The van der Waals surface area contributed by atoms with Gasteiger partial charge in [-0.15, -0.1) is 80.7 Å². The van der Waals surface area contributed by atoms with E-state index >= 15 is 0 Å². The average Bonchev–Trinajstić information content (AvgIpc) is 3.74. The van der Waals surface area contributed by atoms with Gasteiger partial charge in [-0.3, -0.25) is 0 Å². The first-order chi connectivity index (χ1) is 23.2. The summed E-state index contributed by atoms with van der Waals surface area (Å²) < 4.78 is 0. The van der Waals surface area contributed by atoms with Crippen molar-refractivity contribution < 1.29 is 17.0 Å². The Balaban J connectivity index is 0.000000197. The number of unbranched alkanes of at least 4 members (excludes halogenated alkanes) is 6. The summed E-state index contributed by atoms with van der Waals surface area (Å²) in [5, 5.41) is 11.4. The van der Waals surface area contributed by atoms with Gasteiger partial charge in [0, 0.05) is 0 Å². The van der Waals surface area contributed by atoms with Crippen LogP contribution in [0.15, 0.2) is 133 Å². The van der Waals surface area contributed by atoms with Crippen LogP contribution in [-0.2, 0) is 17.0 Å². The van der Waals surface area contributed by atoms with Crippen LogP contribution in [0.25, 0.3) is 21.5 Å². The van der Waals surface area contributed by atoms with Gasteiger partial charge in [0.15, 0.2) is 0 Å². The van der Waals surface area contributed by atoms with Crippen molar-refractivity contribution in [2.75, 3.05) is 12.3 Å². The Hall–Kier alpha value is -1.75. The maximum atomic E-state index is 4.89. The molecule has 0 heterocycles. The van der Waals surface area contributed by atoms with Crippen LogP contribution >= 0.6 is 34.5 Å². The first-order valence-corrected chi connectivity index (χ1v) is 24.5. The summed E-state index contributed by atoms with van der Waals surface area (Å²) in [7, 11) is 9.35. The summed E-state index contributed by atoms with van der Waals surface area (Å²) in [4.78, 5) is 0. The van der Waals surface area contributed by atoms with Gasteiger partial charge in [0.05, 0.1) is 0 Å². The third-order valence-electron chi connectivity index (χ3n) is 8.42.